The first-order valence-electron chi connectivity index (χ1n) is 10.6. The zero-order valence-electron chi connectivity index (χ0n) is 17.8. The summed E-state index contributed by atoms with van der Waals surface area (Å²) in [5.41, 5.74) is 6.22. The molecule has 1 N–H and O–H groups in total. The number of aryl methyl sites for hydroxylation is 1. The molecule has 3 heteroatoms. The Morgan fingerprint density at radius 2 is 1.70 bits per heavy atom. The Hall–Kier alpha value is -2.52. The third-order valence-corrected chi connectivity index (χ3v) is 6.82. The van der Waals surface area contributed by atoms with Gasteiger partial charge in [0.1, 0.15) is 12.4 Å². The molecule has 0 radical (unpaired) electrons. The number of aromatic nitrogens is 1. The molecule has 0 aliphatic carbocycles. The highest BCUT2D eigenvalue weighted by Crippen LogP contribution is 2.43. The highest BCUT2D eigenvalue weighted by molar-refractivity contribution is 9.10. The molecule has 0 spiro atoms. The van der Waals surface area contributed by atoms with Crippen LogP contribution in [0.5, 0.6) is 5.75 Å². The number of ether oxygens (including phenoxy) is 1. The Morgan fingerprint density at radius 3 is 2.40 bits per heavy atom. The molecule has 3 aromatic carbocycles. The summed E-state index contributed by atoms with van der Waals surface area (Å²) < 4.78 is 7.22. The van der Waals surface area contributed by atoms with E-state index in [0.717, 1.165) is 23.1 Å². The Bertz CT molecular complexity index is 1140. The first kappa shape index (κ1) is 20.7. The van der Waals surface area contributed by atoms with Crippen LogP contribution in [0.15, 0.2) is 77.4 Å². The van der Waals surface area contributed by atoms with E-state index in [2.05, 4.69) is 96.4 Å². The maximum Gasteiger partial charge on any atom is 0.122 e. The van der Waals surface area contributed by atoms with Gasteiger partial charge in [0, 0.05) is 27.0 Å². The van der Waals surface area contributed by atoms with E-state index in [4.69, 9.17) is 4.74 Å². The quantitative estimate of drug-likeness (QED) is 0.296. The second-order valence-corrected chi connectivity index (χ2v) is 8.85. The summed E-state index contributed by atoms with van der Waals surface area (Å²) >= 11 is 3.59. The van der Waals surface area contributed by atoms with Crippen molar-refractivity contribution in [3.05, 3.63) is 99.7 Å². The van der Waals surface area contributed by atoms with E-state index in [1.54, 1.807) is 0 Å². The lowest BCUT2D eigenvalue weighted by Gasteiger charge is -2.33. The van der Waals surface area contributed by atoms with Gasteiger partial charge in [-0.15, -0.1) is 0 Å². The van der Waals surface area contributed by atoms with Crippen LogP contribution < -0.4 is 4.74 Å². The van der Waals surface area contributed by atoms with Crippen molar-refractivity contribution < 1.29 is 4.74 Å². The first-order valence-corrected chi connectivity index (χ1v) is 11.4. The minimum absolute atomic E-state index is 0.0329. The zero-order chi connectivity index (χ0) is 21.1. The fourth-order valence-corrected chi connectivity index (χ4v) is 4.89. The van der Waals surface area contributed by atoms with Crippen LogP contribution in [0.2, 0.25) is 0 Å². The van der Waals surface area contributed by atoms with Crippen molar-refractivity contribution in [3.63, 3.8) is 0 Å². The van der Waals surface area contributed by atoms with Crippen LogP contribution in [0.1, 0.15) is 48.9 Å². The SMILES string of the molecule is CCC(CC)(c1ccc(OCc2ccccc2)c(C)c1)c1c[nH]c2cc(Br)ccc12. The van der Waals surface area contributed by atoms with E-state index in [9.17, 15) is 0 Å². The maximum atomic E-state index is 6.12. The van der Waals surface area contributed by atoms with Crippen molar-refractivity contribution in [1.82, 2.24) is 4.98 Å². The lowest BCUT2D eigenvalue weighted by molar-refractivity contribution is 0.303. The van der Waals surface area contributed by atoms with Crippen molar-refractivity contribution in [3.8, 4) is 5.75 Å². The third-order valence-electron chi connectivity index (χ3n) is 6.33. The van der Waals surface area contributed by atoms with Crippen LogP contribution in [0.4, 0.5) is 0 Å². The number of aromatic amines is 1. The van der Waals surface area contributed by atoms with E-state index in [1.165, 1.54) is 33.2 Å². The summed E-state index contributed by atoms with van der Waals surface area (Å²) in [6.45, 7) is 7.31. The fourth-order valence-electron chi connectivity index (χ4n) is 4.53. The summed E-state index contributed by atoms with van der Waals surface area (Å²) in [6, 6.07) is 23.5. The molecule has 0 fully saturated rings. The predicted octanol–water partition coefficient (Wildman–Crippen LogP) is 7.92. The van der Waals surface area contributed by atoms with Crippen LogP contribution >= 0.6 is 15.9 Å². The van der Waals surface area contributed by atoms with E-state index < -0.39 is 0 Å². The minimum Gasteiger partial charge on any atom is -0.489 e. The smallest absolute Gasteiger partial charge is 0.122 e. The summed E-state index contributed by atoms with van der Waals surface area (Å²) in [5.74, 6) is 0.951. The van der Waals surface area contributed by atoms with Gasteiger partial charge in [0.15, 0.2) is 0 Å². The van der Waals surface area contributed by atoms with Gasteiger partial charge in [0.25, 0.3) is 0 Å². The fraction of sp³-hybridized carbons (Fsp3) is 0.259. The number of hydrogen-bond acceptors (Lipinski definition) is 1. The molecule has 1 aromatic heterocycles. The maximum absolute atomic E-state index is 6.12. The summed E-state index contributed by atoms with van der Waals surface area (Å²) in [4.78, 5) is 3.48. The highest BCUT2D eigenvalue weighted by atomic mass is 79.9. The van der Waals surface area contributed by atoms with Gasteiger partial charge in [-0.05, 0) is 60.2 Å². The Kier molecular flexibility index (Phi) is 6.01. The van der Waals surface area contributed by atoms with Crippen molar-refractivity contribution in [1.29, 1.82) is 0 Å². The molecule has 0 aliphatic heterocycles. The lowest BCUT2D eigenvalue weighted by Crippen LogP contribution is -2.26. The number of benzene rings is 3. The van der Waals surface area contributed by atoms with Gasteiger partial charge in [0.05, 0.1) is 0 Å². The van der Waals surface area contributed by atoms with Gasteiger partial charge in [-0.3, -0.25) is 0 Å². The molecule has 0 amide bonds. The van der Waals surface area contributed by atoms with E-state index in [-0.39, 0.29) is 5.41 Å². The van der Waals surface area contributed by atoms with Crippen molar-refractivity contribution in [2.24, 2.45) is 0 Å². The number of H-pyrrole nitrogens is 1. The van der Waals surface area contributed by atoms with Crippen LogP contribution in [-0.4, -0.2) is 4.98 Å². The molecular formula is C27H28BrNO. The number of rotatable bonds is 7. The second-order valence-electron chi connectivity index (χ2n) is 7.94. The Morgan fingerprint density at radius 1 is 0.933 bits per heavy atom. The topological polar surface area (TPSA) is 25.0 Å². The molecule has 0 saturated carbocycles. The first-order chi connectivity index (χ1) is 14.6. The molecule has 0 bridgehead atoms. The van der Waals surface area contributed by atoms with E-state index >= 15 is 0 Å². The number of fused-ring (bicyclic) bond motifs is 1. The molecule has 0 saturated heterocycles. The van der Waals surface area contributed by atoms with Crippen LogP contribution in [0.3, 0.4) is 0 Å². The zero-order valence-corrected chi connectivity index (χ0v) is 19.4. The molecule has 1 heterocycles. The average molecular weight is 462 g/mol. The van der Waals surface area contributed by atoms with Crippen LogP contribution in [0, 0.1) is 6.92 Å². The third kappa shape index (κ3) is 3.79. The van der Waals surface area contributed by atoms with Gasteiger partial charge in [0.2, 0.25) is 0 Å². The predicted molar refractivity (Wildman–Crippen MR) is 129 cm³/mol. The molecule has 0 aliphatic rings. The lowest BCUT2D eigenvalue weighted by atomic mass is 9.70. The molecule has 0 atom stereocenters. The Balaban J connectivity index is 1.69. The van der Waals surface area contributed by atoms with Crippen molar-refractivity contribution in [2.45, 2.75) is 45.6 Å². The summed E-state index contributed by atoms with van der Waals surface area (Å²) in [5, 5.41) is 1.30. The van der Waals surface area contributed by atoms with Gasteiger partial charge >= 0.3 is 0 Å². The largest absolute Gasteiger partial charge is 0.489 e. The number of hydrogen-bond donors (Lipinski definition) is 1. The monoisotopic (exact) mass is 461 g/mol. The van der Waals surface area contributed by atoms with E-state index in [0.29, 0.717) is 6.61 Å². The molecule has 2 nitrogen and oxygen atoms in total. The summed E-state index contributed by atoms with van der Waals surface area (Å²) in [6.07, 6.45) is 4.27. The standard InChI is InChI=1S/C27H28BrNO/c1-4-27(5-2,24-17-29-25-16-22(28)12-13-23(24)25)21-11-14-26(19(3)15-21)30-18-20-9-7-6-8-10-20/h6-17,29H,4-5,18H2,1-3H3. The van der Waals surface area contributed by atoms with Gasteiger partial charge in [-0.2, -0.15) is 0 Å². The number of halogens is 1. The summed E-state index contributed by atoms with van der Waals surface area (Å²) in [7, 11) is 0. The van der Waals surface area contributed by atoms with Crippen molar-refractivity contribution in [2.75, 3.05) is 0 Å². The normalized spacial score (nSPS) is 11.7. The van der Waals surface area contributed by atoms with Crippen LogP contribution in [0.25, 0.3) is 10.9 Å². The molecule has 4 rings (SSSR count). The van der Waals surface area contributed by atoms with Crippen molar-refractivity contribution >= 4 is 26.8 Å². The molecule has 154 valence electrons. The van der Waals surface area contributed by atoms with Gasteiger partial charge < -0.3 is 9.72 Å². The van der Waals surface area contributed by atoms with E-state index in [1.807, 2.05) is 18.2 Å². The van der Waals surface area contributed by atoms with Crippen LogP contribution in [-0.2, 0) is 12.0 Å². The van der Waals surface area contributed by atoms with Gasteiger partial charge in [-0.25, -0.2) is 0 Å². The molecular weight excluding hydrogens is 434 g/mol. The molecule has 0 unspecified atom stereocenters. The minimum atomic E-state index is -0.0329. The second kappa shape index (κ2) is 8.69. The number of nitrogens with one attached hydrogen (secondary N) is 1. The molecule has 30 heavy (non-hydrogen) atoms. The molecule has 4 aromatic rings. The van der Waals surface area contributed by atoms with Gasteiger partial charge in [-0.1, -0.05) is 78.3 Å². The average Bonchev–Trinajstić information content (AvgIpc) is 3.19. The Labute approximate surface area is 187 Å². The highest BCUT2D eigenvalue weighted by Gasteiger charge is 2.33.